The maximum Gasteiger partial charge on any atom is 0.222 e. The normalized spacial score (nSPS) is 11.1. The van der Waals surface area contributed by atoms with Gasteiger partial charge < -0.3 is 5.73 Å². The van der Waals surface area contributed by atoms with Gasteiger partial charge in [-0.3, -0.25) is 0 Å². The average molecular weight is 318 g/mol. The predicted octanol–water partition coefficient (Wildman–Crippen LogP) is 2.78. The zero-order valence-electron chi connectivity index (χ0n) is 10.6. The van der Waals surface area contributed by atoms with Gasteiger partial charge in [-0.15, -0.1) is 0 Å². The fraction of sp³-hybridized carbons (Fsp3) is 0.154. The van der Waals surface area contributed by atoms with Gasteiger partial charge in [0.25, 0.3) is 0 Å². The van der Waals surface area contributed by atoms with Crippen LogP contribution in [0.3, 0.4) is 0 Å². The summed E-state index contributed by atoms with van der Waals surface area (Å²) < 4.78 is 2.77. The second kappa shape index (κ2) is 4.31. The van der Waals surface area contributed by atoms with Crippen LogP contribution in [0.2, 0.25) is 0 Å². The molecule has 19 heavy (non-hydrogen) atoms. The lowest BCUT2D eigenvalue weighted by molar-refractivity contribution is 0.812. The number of benzene rings is 1. The minimum Gasteiger partial charge on any atom is -0.368 e. The van der Waals surface area contributed by atoms with Crippen LogP contribution in [0.4, 0.5) is 5.95 Å². The number of aromatic nitrogens is 4. The molecule has 0 aliphatic heterocycles. The minimum absolute atomic E-state index is 0.248. The summed E-state index contributed by atoms with van der Waals surface area (Å²) in [4.78, 5) is 8.57. The molecule has 2 heterocycles. The van der Waals surface area contributed by atoms with Crippen LogP contribution in [0.15, 0.2) is 28.7 Å². The third-order valence-corrected chi connectivity index (χ3v) is 4.15. The van der Waals surface area contributed by atoms with Crippen molar-refractivity contribution in [1.82, 2.24) is 19.7 Å². The molecular formula is C13H12BrN5. The van der Waals surface area contributed by atoms with E-state index in [-0.39, 0.29) is 5.95 Å². The molecule has 0 bridgehead atoms. The van der Waals surface area contributed by atoms with Crippen LogP contribution >= 0.6 is 15.9 Å². The number of halogens is 1. The van der Waals surface area contributed by atoms with Gasteiger partial charge in [0.15, 0.2) is 5.82 Å². The molecule has 0 unspecified atom stereocenters. The highest BCUT2D eigenvalue weighted by atomic mass is 79.9. The van der Waals surface area contributed by atoms with Crippen molar-refractivity contribution in [3.8, 4) is 5.82 Å². The monoisotopic (exact) mass is 317 g/mol. The second-order valence-electron chi connectivity index (χ2n) is 4.32. The molecule has 0 saturated heterocycles. The molecule has 2 N–H and O–H groups in total. The number of nitrogens with zero attached hydrogens (tertiary/aromatic N) is 4. The fourth-order valence-corrected chi connectivity index (χ4v) is 2.32. The third-order valence-electron chi connectivity index (χ3n) is 3.00. The first-order valence-corrected chi connectivity index (χ1v) is 6.61. The predicted molar refractivity (Wildman–Crippen MR) is 78.2 cm³/mol. The van der Waals surface area contributed by atoms with E-state index >= 15 is 0 Å². The number of rotatable bonds is 1. The zero-order valence-corrected chi connectivity index (χ0v) is 12.1. The quantitative estimate of drug-likeness (QED) is 0.749. The summed E-state index contributed by atoms with van der Waals surface area (Å²) in [7, 11) is 0. The van der Waals surface area contributed by atoms with Crippen LogP contribution in [-0.2, 0) is 0 Å². The minimum atomic E-state index is 0.248. The van der Waals surface area contributed by atoms with Crippen LogP contribution in [0.25, 0.3) is 16.7 Å². The Morgan fingerprint density at radius 2 is 1.89 bits per heavy atom. The van der Waals surface area contributed by atoms with Crippen LogP contribution in [-0.4, -0.2) is 19.7 Å². The van der Waals surface area contributed by atoms with Crippen molar-refractivity contribution in [3.63, 3.8) is 0 Å². The first-order valence-electron chi connectivity index (χ1n) is 5.82. The van der Waals surface area contributed by atoms with Crippen molar-refractivity contribution in [2.24, 2.45) is 0 Å². The van der Waals surface area contributed by atoms with E-state index in [1.165, 1.54) is 0 Å². The van der Waals surface area contributed by atoms with E-state index in [0.29, 0.717) is 5.82 Å². The number of nitrogens with two attached hydrogens (primary N) is 1. The van der Waals surface area contributed by atoms with Gasteiger partial charge in [-0.1, -0.05) is 12.1 Å². The summed E-state index contributed by atoms with van der Waals surface area (Å²) in [5, 5.41) is 5.42. The number of aryl methyl sites for hydroxylation is 1. The van der Waals surface area contributed by atoms with E-state index < -0.39 is 0 Å². The Morgan fingerprint density at radius 1 is 1.16 bits per heavy atom. The number of hydrogen-bond acceptors (Lipinski definition) is 4. The molecule has 5 nitrogen and oxygen atoms in total. The van der Waals surface area contributed by atoms with Crippen LogP contribution in [0, 0.1) is 13.8 Å². The van der Waals surface area contributed by atoms with Crippen LogP contribution in [0.1, 0.15) is 11.4 Å². The first-order chi connectivity index (χ1) is 9.08. The lowest BCUT2D eigenvalue weighted by atomic mass is 10.2. The number of fused-ring (bicyclic) bond motifs is 1. The van der Waals surface area contributed by atoms with E-state index in [9.17, 15) is 0 Å². The molecule has 96 valence electrons. The molecule has 0 aliphatic carbocycles. The summed E-state index contributed by atoms with van der Waals surface area (Å²) >= 11 is 3.52. The number of para-hydroxylation sites is 1. The molecule has 1 aromatic carbocycles. The highest BCUT2D eigenvalue weighted by Crippen LogP contribution is 2.26. The van der Waals surface area contributed by atoms with Gasteiger partial charge in [0.2, 0.25) is 5.95 Å². The van der Waals surface area contributed by atoms with Gasteiger partial charge in [-0.05, 0) is 41.9 Å². The molecule has 3 aromatic rings. The molecular weight excluding hydrogens is 306 g/mol. The molecule has 0 aliphatic rings. The molecule has 0 fully saturated rings. The Kier molecular flexibility index (Phi) is 2.74. The average Bonchev–Trinajstić information content (AvgIpc) is 2.65. The van der Waals surface area contributed by atoms with E-state index in [0.717, 1.165) is 26.8 Å². The van der Waals surface area contributed by atoms with Crippen LogP contribution in [0.5, 0.6) is 0 Å². The third kappa shape index (κ3) is 1.88. The second-order valence-corrected chi connectivity index (χ2v) is 5.11. The maximum absolute atomic E-state index is 5.78. The van der Waals surface area contributed by atoms with E-state index in [1.54, 1.807) is 4.68 Å². The number of nitrogen functional groups attached to an aromatic ring is 1. The van der Waals surface area contributed by atoms with Crippen molar-refractivity contribution >= 4 is 32.8 Å². The Morgan fingerprint density at radius 3 is 2.58 bits per heavy atom. The molecule has 2 aromatic heterocycles. The summed E-state index contributed by atoms with van der Waals surface area (Å²) in [6, 6.07) is 7.76. The van der Waals surface area contributed by atoms with Gasteiger partial charge in [0.1, 0.15) is 0 Å². The molecule has 0 atom stereocenters. The van der Waals surface area contributed by atoms with Crippen molar-refractivity contribution in [2.45, 2.75) is 13.8 Å². The van der Waals surface area contributed by atoms with Gasteiger partial charge in [0.05, 0.1) is 21.4 Å². The number of anilines is 1. The summed E-state index contributed by atoms with van der Waals surface area (Å²) in [6.45, 7) is 3.93. The summed E-state index contributed by atoms with van der Waals surface area (Å²) in [5.74, 6) is 0.951. The standard InChI is InChI=1S/C13H12BrN5/c1-7-11(14)8(2)19(18-7)12-9-5-3-4-6-10(9)16-13(15)17-12/h3-6H,1-2H3,(H2,15,16,17). The SMILES string of the molecule is Cc1nn(-c2nc(N)nc3ccccc23)c(C)c1Br. The van der Waals surface area contributed by atoms with Gasteiger partial charge >= 0.3 is 0 Å². The van der Waals surface area contributed by atoms with Crippen molar-refractivity contribution in [1.29, 1.82) is 0 Å². The van der Waals surface area contributed by atoms with E-state index in [4.69, 9.17) is 5.73 Å². The zero-order chi connectivity index (χ0) is 13.6. The highest BCUT2D eigenvalue weighted by Gasteiger charge is 2.14. The van der Waals surface area contributed by atoms with Gasteiger partial charge in [-0.2, -0.15) is 10.1 Å². The Hall–Kier alpha value is -1.95. The maximum atomic E-state index is 5.78. The lowest BCUT2D eigenvalue weighted by Crippen LogP contribution is -2.06. The topological polar surface area (TPSA) is 69.6 Å². The fourth-order valence-electron chi connectivity index (χ4n) is 2.07. The summed E-state index contributed by atoms with van der Waals surface area (Å²) in [6.07, 6.45) is 0. The summed E-state index contributed by atoms with van der Waals surface area (Å²) in [5.41, 5.74) is 8.50. The Labute approximate surface area is 118 Å². The van der Waals surface area contributed by atoms with Gasteiger partial charge in [-0.25, -0.2) is 9.67 Å². The Bertz CT molecular complexity index is 778. The van der Waals surface area contributed by atoms with Crippen LogP contribution < -0.4 is 5.73 Å². The van der Waals surface area contributed by atoms with E-state index in [1.807, 2.05) is 38.1 Å². The molecule has 0 radical (unpaired) electrons. The van der Waals surface area contributed by atoms with E-state index in [2.05, 4.69) is 31.0 Å². The smallest absolute Gasteiger partial charge is 0.222 e. The molecule has 0 amide bonds. The first kappa shape index (κ1) is 12.1. The largest absolute Gasteiger partial charge is 0.368 e. The molecule has 0 saturated carbocycles. The van der Waals surface area contributed by atoms with Crippen molar-refractivity contribution < 1.29 is 0 Å². The Balaban J connectivity index is 2.38. The van der Waals surface area contributed by atoms with Crippen molar-refractivity contribution in [3.05, 3.63) is 40.1 Å². The highest BCUT2D eigenvalue weighted by molar-refractivity contribution is 9.10. The lowest BCUT2D eigenvalue weighted by Gasteiger charge is -2.08. The van der Waals surface area contributed by atoms with Gasteiger partial charge in [0, 0.05) is 5.39 Å². The number of hydrogen-bond donors (Lipinski definition) is 1. The van der Waals surface area contributed by atoms with Crippen molar-refractivity contribution in [2.75, 3.05) is 5.73 Å². The molecule has 3 rings (SSSR count). The molecule has 6 heteroatoms. The molecule has 0 spiro atoms.